The van der Waals surface area contributed by atoms with E-state index in [0.29, 0.717) is 6.07 Å². The lowest BCUT2D eigenvalue weighted by Crippen LogP contribution is -2.11. The molecule has 1 aromatic carbocycles. The molecule has 0 aliphatic rings. The third kappa shape index (κ3) is 2.82. The molecule has 0 amide bonds. The third-order valence-corrected chi connectivity index (χ3v) is 2.25. The molecule has 0 saturated heterocycles. The maximum atomic E-state index is 12.7. The van der Waals surface area contributed by atoms with Crippen molar-refractivity contribution in [3.05, 3.63) is 28.3 Å². The van der Waals surface area contributed by atoms with Crippen molar-refractivity contribution in [2.45, 2.75) is 6.18 Å². The van der Waals surface area contributed by atoms with Crippen molar-refractivity contribution in [1.29, 1.82) is 0 Å². The van der Waals surface area contributed by atoms with E-state index in [9.17, 15) is 18.0 Å². The second-order valence-electron chi connectivity index (χ2n) is 3.03. The van der Waals surface area contributed by atoms with Gasteiger partial charge in [0.2, 0.25) is 0 Å². The molecule has 0 aromatic heterocycles. The number of ether oxygens (including phenoxy) is 2. The fourth-order valence-electron chi connectivity index (χ4n) is 1.25. The molecular weight excluding hydrogens is 261 g/mol. The van der Waals surface area contributed by atoms with Gasteiger partial charge in [-0.2, -0.15) is 13.2 Å². The van der Waals surface area contributed by atoms with Crippen LogP contribution in [-0.2, 0) is 10.9 Å². The number of carbonyl (C=O) groups excluding carboxylic acids is 1. The molecule has 0 heterocycles. The predicted octanol–water partition coefficient (Wildman–Crippen LogP) is 3.15. The Morgan fingerprint density at radius 1 is 1.29 bits per heavy atom. The highest BCUT2D eigenvalue weighted by Gasteiger charge is 2.36. The molecular formula is C10H8ClF3O3. The number of esters is 1. The molecule has 1 aromatic rings. The standard InChI is InChI=1S/C10H8ClF3O3/c1-16-8-6(10(12,13)14)3-5(4-7(8)11)9(15)17-2/h3-4H,1-2H3. The Kier molecular flexibility index (Phi) is 3.87. The summed E-state index contributed by atoms with van der Waals surface area (Å²) in [6, 6.07) is 1.69. The Morgan fingerprint density at radius 2 is 1.88 bits per heavy atom. The minimum absolute atomic E-state index is 0.286. The summed E-state index contributed by atoms with van der Waals surface area (Å²) in [7, 11) is 2.13. The lowest BCUT2D eigenvalue weighted by atomic mass is 10.1. The predicted molar refractivity (Wildman–Crippen MR) is 54.3 cm³/mol. The summed E-state index contributed by atoms with van der Waals surface area (Å²) in [4.78, 5) is 11.2. The van der Waals surface area contributed by atoms with Crippen LogP contribution in [0.3, 0.4) is 0 Å². The SMILES string of the molecule is COC(=O)c1cc(Cl)c(OC)c(C(F)(F)F)c1. The number of alkyl halides is 3. The number of halogens is 4. The molecule has 0 N–H and O–H groups in total. The van der Waals surface area contributed by atoms with Gasteiger partial charge in [0.1, 0.15) is 5.75 Å². The van der Waals surface area contributed by atoms with Crippen molar-refractivity contribution in [1.82, 2.24) is 0 Å². The second kappa shape index (κ2) is 4.83. The van der Waals surface area contributed by atoms with E-state index in [4.69, 9.17) is 11.6 Å². The molecule has 0 spiro atoms. The van der Waals surface area contributed by atoms with Gasteiger partial charge in [0.05, 0.1) is 30.4 Å². The maximum absolute atomic E-state index is 12.7. The van der Waals surface area contributed by atoms with Gasteiger partial charge in [-0.3, -0.25) is 0 Å². The van der Waals surface area contributed by atoms with Crippen LogP contribution in [0.4, 0.5) is 13.2 Å². The lowest BCUT2D eigenvalue weighted by molar-refractivity contribution is -0.138. The molecule has 17 heavy (non-hydrogen) atoms. The molecule has 94 valence electrons. The number of rotatable bonds is 2. The average Bonchev–Trinajstić information content (AvgIpc) is 2.25. The van der Waals surface area contributed by atoms with Crippen molar-refractivity contribution in [2.24, 2.45) is 0 Å². The van der Waals surface area contributed by atoms with Crippen LogP contribution in [0.25, 0.3) is 0 Å². The normalized spacial score (nSPS) is 11.2. The van der Waals surface area contributed by atoms with Gasteiger partial charge in [-0.15, -0.1) is 0 Å². The molecule has 0 unspecified atom stereocenters. The number of methoxy groups -OCH3 is 2. The van der Waals surface area contributed by atoms with E-state index in [2.05, 4.69) is 9.47 Å². The van der Waals surface area contributed by atoms with Gasteiger partial charge in [-0.05, 0) is 12.1 Å². The van der Waals surface area contributed by atoms with Crippen molar-refractivity contribution in [2.75, 3.05) is 14.2 Å². The summed E-state index contributed by atoms with van der Waals surface area (Å²) in [5.74, 6) is -1.42. The Hall–Kier alpha value is -1.43. The van der Waals surface area contributed by atoms with E-state index < -0.39 is 23.5 Å². The van der Waals surface area contributed by atoms with Crippen LogP contribution >= 0.6 is 11.6 Å². The van der Waals surface area contributed by atoms with Gasteiger partial charge in [-0.1, -0.05) is 11.6 Å². The highest BCUT2D eigenvalue weighted by molar-refractivity contribution is 6.32. The number of carbonyl (C=O) groups is 1. The first-order chi connectivity index (χ1) is 7.81. The molecule has 0 fully saturated rings. The van der Waals surface area contributed by atoms with Gasteiger partial charge >= 0.3 is 12.1 Å². The van der Waals surface area contributed by atoms with E-state index in [1.807, 2.05) is 0 Å². The molecule has 0 saturated carbocycles. The van der Waals surface area contributed by atoms with Gasteiger partial charge in [0, 0.05) is 0 Å². The number of hydrogen-bond donors (Lipinski definition) is 0. The number of benzene rings is 1. The van der Waals surface area contributed by atoms with E-state index >= 15 is 0 Å². The molecule has 0 bridgehead atoms. The van der Waals surface area contributed by atoms with Crippen LogP contribution in [0.15, 0.2) is 12.1 Å². The summed E-state index contributed by atoms with van der Waals surface area (Å²) < 4.78 is 46.9. The summed E-state index contributed by atoms with van der Waals surface area (Å²) in [6.07, 6.45) is -4.67. The molecule has 1 rings (SSSR count). The first-order valence-electron chi connectivity index (χ1n) is 4.34. The summed E-state index contributed by atoms with van der Waals surface area (Å²) in [6.45, 7) is 0. The van der Waals surface area contributed by atoms with Gasteiger partial charge in [0.25, 0.3) is 0 Å². The first kappa shape index (κ1) is 13.6. The monoisotopic (exact) mass is 268 g/mol. The topological polar surface area (TPSA) is 35.5 Å². The third-order valence-electron chi connectivity index (χ3n) is 1.97. The zero-order chi connectivity index (χ0) is 13.2. The Bertz CT molecular complexity index is 443. The van der Waals surface area contributed by atoms with Crippen molar-refractivity contribution in [3.63, 3.8) is 0 Å². The van der Waals surface area contributed by atoms with E-state index in [-0.39, 0.29) is 10.6 Å². The molecule has 0 atom stereocenters. The number of hydrogen-bond acceptors (Lipinski definition) is 3. The average molecular weight is 269 g/mol. The highest BCUT2D eigenvalue weighted by Crippen LogP contribution is 2.41. The van der Waals surface area contributed by atoms with Gasteiger partial charge in [-0.25, -0.2) is 4.79 Å². The lowest BCUT2D eigenvalue weighted by Gasteiger charge is -2.14. The molecule has 0 aliphatic carbocycles. The van der Waals surface area contributed by atoms with Crippen LogP contribution in [0, 0.1) is 0 Å². The van der Waals surface area contributed by atoms with Crippen LogP contribution < -0.4 is 4.74 Å². The van der Waals surface area contributed by atoms with Crippen LogP contribution in [0.1, 0.15) is 15.9 Å². The molecule has 7 heteroatoms. The minimum Gasteiger partial charge on any atom is -0.495 e. The van der Waals surface area contributed by atoms with Crippen molar-refractivity contribution in [3.8, 4) is 5.75 Å². The van der Waals surface area contributed by atoms with Gasteiger partial charge in [0.15, 0.2) is 0 Å². The smallest absolute Gasteiger partial charge is 0.420 e. The first-order valence-corrected chi connectivity index (χ1v) is 4.72. The van der Waals surface area contributed by atoms with Crippen LogP contribution in [0.5, 0.6) is 5.75 Å². The van der Waals surface area contributed by atoms with E-state index in [0.717, 1.165) is 20.3 Å². The van der Waals surface area contributed by atoms with Crippen molar-refractivity contribution < 1.29 is 27.4 Å². The Balaban J connectivity index is 3.44. The van der Waals surface area contributed by atoms with Gasteiger partial charge < -0.3 is 9.47 Å². The summed E-state index contributed by atoms with van der Waals surface area (Å²) in [5, 5.41) is -0.303. The minimum atomic E-state index is -4.67. The summed E-state index contributed by atoms with van der Waals surface area (Å²) in [5.41, 5.74) is -1.40. The quantitative estimate of drug-likeness (QED) is 0.773. The summed E-state index contributed by atoms with van der Waals surface area (Å²) >= 11 is 5.61. The van der Waals surface area contributed by atoms with Crippen LogP contribution in [0.2, 0.25) is 5.02 Å². The Morgan fingerprint density at radius 3 is 2.29 bits per heavy atom. The highest BCUT2D eigenvalue weighted by atomic mass is 35.5. The second-order valence-corrected chi connectivity index (χ2v) is 3.44. The Labute approximate surface area is 100 Å². The maximum Gasteiger partial charge on any atom is 0.420 e. The van der Waals surface area contributed by atoms with E-state index in [1.165, 1.54) is 0 Å². The van der Waals surface area contributed by atoms with Crippen molar-refractivity contribution >= 4 is 17.6 Å². The zero-order valence-electron chi connectivity index (χ0n) is 8.89. The largest absolute Gasteiger partial charge is 0.495 e. The molecule has 0 radical (unpaired) electrons. The zero-order valence-corrected chi connectivity index (χ0v) is 9.65. The fraction of sp³-hybridized carbons (Fsp3) is 0.300. The van der Waals surface area contributed by atoms with Crippen LogP contribution in [-0.4, -0.2) is 20.2 Å². The fourth-order valence-corrected chi connectivity index (χ4v) is 1.54. The molecule has 3 nitrogen and oxygen atoms in total. The van der Waals surface area contributed by atoms with E-state index in [1.54, 1.807) is 0 Å². The molecule has 0 aliphatic heterocycles.